The van der Waals surface area contributed by atoms with Crippen molar-refractivity contribution in [3.63, 3.8) is 0 Å². The molecule has 1 heteroatoms. The van der Waals surface area contributed by atoms with Gasteiger partial charge in [-0.1, -0.05) is 97.1 Å². The standard InChI is InChI=1S/C24H20O/c1-19(20-11-5-2-6-12-20)17-23(21-13-7-3-8-14-21)18-24(25)22-15-9-4-10-16-22/h2-18H,1H3/b19-17+,23-18-. The Labute approximate surface area is 149 Å². The Bertz CT molecular complexity index is 889. The highest BCUT2D eigenvalue weighted by molar-refractivity contribution is 6.10. The summed E-state index contributed by atoms with van der Waals surface area (Å²) in [5, 5.41) is 0. The molecule has 0 amide bonds. The number of ketones is 1. The summed E-state index contributed by atoms with van der Waals surface area (Å²) < 4.78 is 0. The van der Waals surface area contributed by atoms with Crippen LogP contribution in [0.2, 0.25) is 0 Å². The van der Waals surface area contributed by atoms with Crippen LogP contribution in [0.5, 0.6) is 0 Å². The summed E-state index contributed by atoms with van der Waals surface area (Å²) in [5.74, 6) is 0.0107. The zero-order chi connectivity index (χ0) is 17.5. The van der Waals surface area contributed by atoms with E-state index in [1.807, 2.05) is 78.9 Å². The minimum absolute atomic E-state index is 0.0107. The fourth-order valence-electron chi connectivity index (χ4n) is 2.68. The molecule has 0 bridgehead atoms. The Morgan fingerprint density at radius 1 is 0.600 bits per heavy atom. The molecule has 3 aromatic rings. The SMILES string of the molecule is C/C(=C\C(=C\C(=O)c1ccccc1)c1ccccc1)c1ccccc1. The molecule has 1 nitrogen and oxygen atoms in total. The van der Waals surface area contributed by atoms with E-state index in [0.717, 1.165) is 22.3 Å². The first-order valence-electron chi connectivity index (χ1n) is 8.34. The van der Waals surface area contributed by atoms with Gasteiger partial charge in [0.2, 0.25) is 0 Å². The van der Waals surface area contributed by atoms with Crippen LogP contribution in [-0.2, 0) is 0 Å². The molecule has 0 unspecified atom stereocenters. The normalized spacial score (nSPS) is 12.0. The number of carbonyl (C=O) groups excluding carboxylic acids is 1. The predicted octanol–water partition coefficient (Wildman–Crippen LogP) is 6.06. The van der Waals surface area contributed by atoms with E-state index in [9.17, 15) is 4.79 Å². The van der Waals surface area contributed by atoms with E-state index in [-0.39, 0.29) is 5.78 Å². The van der Waals surface area contributed by atoms with Gasteiger partial charge in [-0.3, -0.25) is 4.79 Å². The molecular formula is C24H20O. The fraction of sp³-hybridized carbons (Fsp3) is 0.0417. The van der Waals surface area contributed by atoms with Crippen molar-refractivity contribution in [2.75, 3.05) is 0 Å². The molecule has 0 atom stereocenters. The average molecular weight is 324 g/mol. The molecular weight excluding hydrogens is 304 g/mol. The van der Waals surface area contributed by atoms with Gasteiger partial charge in [-0.15, -0.1) is 0 Å². The van der Waals surface area contributed by atoms with Crippen LogP contribution < -0.4 is 0 Å². The molecule has 3 aromatic carbocycles. The topological polar surface area (TPSA) is 17.1 Å². The van der Waals surface area contributed by atoms with E-state index in [1.165, 1.54) is 0 Å². The highest BCUT2D eigenvalue weighted by Crippen LogP contribution is 2.23. The van der Waals surface area contributed by atoms with Gasteiger partial charge in [-0.2, -0.15) is 0 Å². The van der Waals surface area contributed by atoms with Crippen molar-refractivity contribution in [1.82, 2.24) is 0 Å². The maximum atomic E-state index is 12.6. The van der Waals surface area contributed by atoms with Crippen LogP contribution in [0.1, 0.15) is 28.4 Å². The second kappa shape index (κ2) is 8.07. The van der Waals surface area contributed by atoms with Gasteiger partial charge < -0.3 is 0 Å². The molecule has 0 saturated heterocycles. The van der Waals surface area contributed by atoms with Crippen LogP contribution in [0, 0.1) is 0 Å². The number of hydrogen-bond donors (Lipinski definition) is 0. The van der Waals surface area contributed by atoms with Crippen molar-refractivity contribution in [3.05, 3.63) is 120 Å². The summed E-state index contributed by atoms with van der Waals surface area (Å²) >= 11 is 0. The maximum absolute atomic E-state index is 12.6. The number of allylic oxidation sites excluding steroid dienone is 4. The summed E-state index contributed by atoms with van der Waals surface area (Å²) in [6.07, 6.45) is 3.79. The molecule has 0 aliphatic heterocycles. The Balaban J connectivity index is 2.02. The van der Waals surface area contributed by atoms with Crippen molar-refractivity contribution in [1.29, 1.82) is 0 Å². The van der Waals surface area contributed by atoms with Crippen molar-refractivity contribution in [3.8, 4) is 0 Å². The minimum atomic E-state index is 0.0107. The van der Waals surface area contributed by atoms with Crippen LogP contribution >= 0.6 is 0 Å². The molecule has 0 radical (unpaired) electrons. The third kappa shape index (κ3) is 4.42. The van der Waals surface area contributed by atoms with Gasteiger partial charge in [0.25, 0.3) is 0 Å². The van der Waals surface area contributed by atoms with Gasteiger partial charge in [0.05, 0.1) is 0 Å². The van der Waals surface area contributed by atoms with Gasteiger partial charge in [0, 0.05) is 5.56 Å². The first kappa shape index (κ1) is 16.7. The highest BCUT2D eigenvalue weighted by Gasteiger charge is 2.06. The van der Waals surface area contributed by atoms with Crippen LogP contribution in [0.3, 0.4) is 0 Å². The Kier molecular flexibility index (Phi) is 5.38. The largest absolute Gasteiger partial charge is 0.289 e. The van der Waals surface area contributed by atoms with E-state index < -0.39 is 0 Å². The maximum Gasteiger partial charge on any atom is 0.186 e. The Morgan fingerprint density at radius 3 is 1.56 bits per heavy atom. The van der Waals surface area contributed by atoms with Crippen LogP contribution in [0.15, 0.2) is 103 Å². The van der Waals surface area contributed by atoms with Gasteiger partial charge in [0.15, 0.2) is 5.78 Å². The lowest BCUT2D eigenvalue weighted by molar-refractivity contribution is 0.104. The molecule has 0 N–H and O–H groups in total. The van der Waals surface area contributed by atoms with Crippen molar-refractivity contribution in [2.45, 2.75) is 6.92 Å². The number of carbonyl (C=O) groups is 1. The molecule has 3 rings (SSSR count). The summed E-state index contributed by atoms with van der Waals surface area (Å²) in [4.78, 5) is 12.6. The van der Waals surface area contributed by atoms with Gasteiger partial charge in [-0.05, 0) is 35.3 Å². The second-order valence-electron chi connectivity index (χ2n) is 5.89. The monoisotopic (exact) mass is 324 g/mol. The molecule has 0 aliphatic rings. The number of hydrogen-bond acceptors (Lipinski definition) is 1. The van der Waals surface area contributed by atoms with Gasteiger partial charge >= 0.3 is 0 Å². The molecule has 0 fully saturated rings. The summed E-state index contributed by atoms with van der Waals surface area (Å²) in [5.41, 5.74) is 4.91. The molecule has 122 valence electrons. The van der Waals surface area contributed by atoms with Crippen LogP contribution in [0.25, 0.3) is 11.1 Å². The lowest BCUT2D eigenvalue weighted by Crippen LogP contribution is -1.96. The molecule has 0 heterocycles. The molecule has 25 heavy (non-hydrogen) atoms. The zero-order valence-electron chi connectivity index (χ0n) is 14.2. The molecule has 0 saturated carbocycles. The Hall–Kier alpha value is -3.19. The summed E-state index contributed by atoms with van der Waals surface area (Å²) in [7, 11) is 0. The predicted molar refractivity (Wildman–Crippen MR) is 105 cm³/mol. The van der Waals surface area contributed by atoms with Gasteiger partial charge in [-0.25, -0.2) is 0 Å². The third-order valence-corrected chi connectivity index (χ3v) is 4.05. The van der Waals surface area contributed by atoms with Crippen molar-refractivity contribution < 1.29 is 4.79 Å². The second-order valence-corrected chi connectivity index (χ2v) is 5.89. The first-order valence-corrected chi connectivity index (χ1v) is 8.34. The van der Waals surface area contributed by atoms with Crippen LogP contribution in [0.4, 0.5) is 0 Å². The quantitative estimate of drug-likeness (QED) is 0.317. The summed E-state index contributed by atoms with van der Waals surface area (Å²) in [6.45, 7) is 2.07. The Morgan fingerprint density at radius 2 is 1.04 bits per heavy atom. The fourth-order valence-corrected chi connectivity index (χ4v) is 2.68. The summed E-state index contributed by atoms with van der Waals surface area (Å²) in [6, 6.07) is 29.6. The van der Waals surface area contributed by atoms with E-state index in [2.05, 4.69) is 25.1 Å². The molecule has 0 aliphatic carbocycles. The molecule has 0 spiro atoms. The number of benzene rings is 3. The average Bonchev–Trinajstić information content (AvgIpc) is 2.69. The molecule has 0 aromatic heterocycles. The number of rotatable bonds is 5. The van der Waals surface area contributed by atoms with E-state index in [1.54, 1.807) is 6.08 Å². The van der Waals surface area contributed by atoms with Gasteiger partial charge in [0.1, 0.15) is 0 Å². The lowest BCUT2D eigenvalue weighted by Gasteiger charge is -2.07. The van der Waals surface area contributed by atoms with Crippen LogP contribution in [-0.4, -0.2) is 5.78 Å². The van der Waals surface area contributed by atoms with E-state index in [0.29, 0.717) is 5.56 Å². The lowest BCUT2D eigenvalue weighted by atomic mass is 9.97. The third-order valence-electron chi connectivity index (χ3n) is 4.05. The highest BCUT2D eigenvalue weighted by atomic mass is 16.1. The van der Waals surface area contributed by atoms with E-state index in [4.69, 9.17) is 0 Å². The smallest absolute Gasteiger partial charge is 0.186 e. The zero-order valence-corrected chi connectivity index (χ0v) is 14.2. The minimum Gasteiger partial charge on any atom is -0.289 e. The van der Waals surface area contributed by atoms with Crippen molar-refractivity contribution >= 4 is 16.9 Å². The van der Waals surface area contributed by atoms with E-state index >= 15 is 0 Å². The first-order chi connectivity index (χ1) is 12.2. The van der Waals surface area contributed by atoms with Crippen molar-refractivity contribution in [2.24, 2.45) is 0 Å².